The minimum absolute atomic E-state index is 0.179. The highest BCUT2D eigenvalue weighted by atomic mass is 16.7. The van der Waals surface area contributed by atoms with Crippen molar-refractivity contribution in [2.75, 3.05) is 24.8 Å². The van der Waals surface area contributed by atoms with E-state index in [2.05, 4.69) is 22.1 Å². The van der Waals surface area contributed by atoms with Gasteiger partial charge in [0.25, 0.3) is 5.91 Å². The van der Waals surface area contributed by atoms with Gasteiger partial charge in [0.1, 0.15) is 5.69 Å². The third-order valence-corrected chi connectivity index (χ3v) is 4.89. The maximum Gasteiger partial charge on any atom is 0.270 e. The predicted molar refractivity (Wildman–Crippen MR) is 98.6 cm³/mol. The number of aromatic nitrogens is 1. The summed E-state index contributed by atoms with van der Waals surface area (Å²) in [6.07, 6.45) is 4.29. The molecule has 1 N–H and O–H groups in total. The lowest BCUT2D eigenvalue weighted by atomic mass is 10.00. The van der Waals surface area contributed by atoms with Gasteiger partial charge in [-0.25, -0.2) is 4.98 Å². The highest BCUT2D eigenvalue weighted by Gasteiger charge is 2.18. The van der Waals surface area contributed by atoms with Gasteiger partial charge in [-0.1, -0.05) is 13.0 Å². The van der Waals surface area contributed by atoms with Crippen LogP contribution in [0.3, 0.4) is 0 Å². The highest BCUT2D eigenvalue weighted by Crippen LogP contribution is 2.32. The van der Waals surface area contributed by atoms with Crippen molar-refractivity contribution < 1.29 is 14.3 Å². The minimum Gasteiger partial charge on any atom is -0.454 e. The molecule has 3 heterocycles. The van der Waals surface area contributed by atoms with E-state index in [-0.39, 0.29) is 12.7 Å². The number of benzene rings is 1. The molecule has 2 aromatic rings. The van der Waals surface area contributed by atoms with Crippen molar-refractivity contribution in [2.24, 2.45) is 5.92 Å². The number of rotatable bonds is 4. The molecular formula is C20H23N3O3. The largest absolute Gasteiger partial charge is 0.454 e. The van der Waals surface area contributed by atoms with E-state index < -0.39 is 0 Å². The van der Waals surface area contributed by atoms with Crippen molar-refractivity contribution in [3.05, 3.63) is 47.8 Å². The number of ether oxygens (including phenoxy) is 2. The van der Waals surface area contributed by atoms with Crippen molar-refractivity contribution in [1.82, 2.24) is 10.3 Å². The highest BCUT2D eigenvalue weighted by molar-refractivity contribution is 5.92. The zero-order valence-corrected chi connectivity index (χ0v) is 14.9. The van der Waals surface area contributed by atoms with Gasteiger partial charge in [-0.05, 0) is 48.6 Å². The molecule has 6 nitrogen and oxygen atoms in total. The Kier molecular flexibility index (Phi) is 4.65. The molecule has 6 heteroatoms. The zero-order valence-electron chi connectivity index (χ0n) is 14.9. The van der Waals surface area contributed by atoms with Crippen molar-refractivity contribution in [3.8, 4) is 11.5 Å². The molecule has 1 aromatic carbocycles. The fraction of sp³-hybridized carbons (Fsp3) is 0.400. The van der Waals surface area contributed by atoms with Crippen molar-refractivity contribution in [2.45, 2.75) is 26.3 Å². The Bertz CT molecular complexity index is 791. The van der Waals surface area contributed by atoms with Gasteiger partial charge in [-0.2, -0.15) is 0 Å². The van der Waals surface area contributed by atoms with Crippen molar-refractivity contribution >= 4 is 11.6 Å². The van der Waals surface area contributed by atoms with Gasteiger partial charge in [0.05, 0.1) is 11.9 Å². The molecule has 1 amide bonds. The number of hydrogen-bond donors (Lipinski definition) is 1. The SMILES string of the molecule is CC1CCCN(c2ccc(C(=O)NCc3ccc4c(c3)OCO4)nc2)C1. The van der Waals surface area contributed by atoms with Crippen molar-refractivity contribution in [3.63, 3.8) is 0 Å². The standard InChI is InChI=1S/C20H23N3O3/c1-14-3-2-8-23(12-14)16-5-6-17(21-11-16)20(24)22-10-15-4-7-18-19(9-15)26-13-25-18/h4-7,9,11,14H,2-3,8,10,12-13H2,1H3,(H,22,24). The lowest BCUT2D eigenvalue weighted by Gasteiger charge is -2.32. The van der Waals surface area contributed by atoms with Gasteiger partial charge in [0, 0.05) is 19.6 Å². The lowest BCUT2D eigenvalue weighted by Crippen LogP contribution is -2.34. The van der Waals surface area contributed by atoms with Crippen molar-refractivity contribution in [1.29, 1.82) is 0 Å². The predicted octanol–water partition coefficient (Wildman–Crippen LogP) is 2.98. The Balaban J connectivity index is 1.36. The fourth-order valence-corrected chi connectivity index (χ4v) is 3.46. The Hall–Kier alpha value is -2.76. The van der Waals surface area contributed by atoms with Crippen LogP contribution in [0.2, 0.25) is 0 Å². The summed E-state index contributed by atoms with van der Waals surface area (Å²) in [6.45, 7) is 5.05. The molecule has 0 spiro atoms. The average Bonchev–Trinajstić information content (AvgIpc) is 3.14. The second-order valence-electron chi connectivity index (χ2n) is 6.97. The van der Waals surface area contributed by atoms with Crippen LogP contribution in [0.25, 0.3) is 0 Å². The topological polar surface area (TPSA) is 63.7 Å². The van der Waals surface area contributed by atoms with Crippen LogP contribution in [0.15, 0.2) is 36.5 Å². The number of anilines is 1. The van der Waals surface area contributed by atoms with E-state index in [1.54, 1.807) is 12.3 Å². The third-order valence-electron chi connectivity index (χ3n) is 4.89. The number of pyridine rings is 1. The monoisotopic (exact) mass is 353 g/mol. The molecule has 0 aliphatic carbocycles. The Morgan fingerprint density at radius 3 is 2.96 bits per heavy atom. The molecule has 4 rings (SSSR count). The summed E-state index contributed by atoms with van der Waals surface area (Å²) in [5.41, 5.74) is 2.48. The van der Waals surface area contributed by atoms with E-state index in [0.29, 0.717) is 18.2 Å². The normalized spacial score (nSPS) is 18.7. The van der Waals surface area contributed by atoms with Gasteiger partial charge in [-0.3, -0.25) is 4.79 Å². The number of carbonyl (C=O) groups is 1. The minimum atomic E-state index is -0.179. The number of carbonyl (C=O) groups excluding carboxylic acids is 1. The molecule has 1 fully saturated rings. The molecule has 1 atom stereocenters. The number of nitrogens with one attached hydrogen (secondary N) is 1. The summed E-state index contributed by atoms with van der Waals surface area (Å²) in [6, 6.07) is 9.44. The summed E-state index contributed by atoms with van der Waals surface area (Å²) in [5.74, 6) is 1.98. The molecule has 136 valence electrons. The smallest absolute Gasteiger partial charge is 0.270 e. The first-order valence-electron chi connectivity index (χ1n) is 9.07. The number of fused-ring (bicyclic) bond motifs is 1. The van der Waals surface area contributed by atoms with Crippen LogP contribution >= 0.6 is 0 Å². The Labute approximate surface area is 153 Å². The molecule has 1 unspecified atom stereocenters. The van der Waals surface area contributed by atoms with Gasteiger partial charge in [0.2, 0.25) is 6.79 Å². The maximum absolute atomic E-state index is 12.3. The molecule has 2 aliphatic rings. The number of nitrogens with zero attached hydrogens (tertiary/aromatic N) is 2. The quantitative estimate of drug-likeness (QED) is 0.915. The van der Waals surface area contributed by atoms with E-state index in [1.807, 2.05) is 24.3 Å². The summed E-state index contributed by atoms with van der Waals surface area (Å²) in [5, 5.41) is 2.90. The van der Waals surface area contributed by atoms with Crippen LogP contribution in [-0.2, 0) is 6.54 Å². The molecule has 1 aromatic heterocycles. The van der Waals surface area contributed by atoms with Crippen LogP contribution in [0.4, 0.5) is 5.69 Å². The number of hydrogen-bond acceptors (Lipinski definition) is 5. The van der Waals surface area contributed by atoms with Gasteiger partial charge < -0.3 is 19.7 Å². The summed E-state index contributed by atoms with van der Waals surface area (Å²) in [7, 11) is 0. The first-order chi connectivity index (χ1) is 12.7. The van der Waals surface area contributed by atoms with Crippen LogP contribution in [0.5, 0.6) is 11.5 Å². The lowest BCUT2D eigenvalue weighted by molar-refractivity contribution is 0.0946. The second-order valence-corrected chi connectivity index (χ2v) is 6.97. The van der Waals surface area contributed by atoms with Gasteiger partial charge in [-0.15, -0.1) is 0 Å². The number of piperidine rings is 1. The van der Waals surface area contributed by atoms with E-state index in [0.717, 1.165) is 35.8 Å². The zero-order chi connectivity index (χ0) is 17.9. The van der Waals surface area contributed by atoms with Crippen LogP contribution in [-0.4, -0.2) is 30.8 Å². The van der Waals surface area contributed by atoms with E-state index in [1.165, 1.54) is 12.8 Å². The molecular weight excluding hydrogens is 330 g/mol. The molecule has 1 saturated heterocycles. The third kappa shape index (κ3) is 3.59. The van der Waals surface area contributed by atoms with E-state index >= 15 is 0 Å². The van der Waals surface area contributed by atoms with Crippen LogP contribution < -0.4 is 19.7 Å². The first kappa shape index (κ1) is 16.7. The maximum atomic E-state index is 12.3. The molecule has 0 bridgehead atoms. The summed E-state index contributed by atoms with van der Waals surface area (Å²) in [4.78, 5) is 19.0. The summed E-state index contributed by atoms with van der Waals surface area (Å²) < 4.78 is 10.6. The van der Waals surface area contributed by atoms with Gasteiger partial charge >= 0.3 is 0 Å². The first-order valence-corrected chi connectivity index (χ1v) is 9.07. The van der Waals surface area contributed by atoms with Gasteiger partial charge in [0.15, 0.2) is 11.5 Å². The molecule has 26 heavy (non-hydrogen) atoms. The molecule has 2 aliphatic heterocycles. The average molecular weight is 353 g/mol. The Morgan fingerprint density at radius 1 is 1.27 bits per heavy atom. The Morgan fingerprint density at radius 2 is 2.15 bits per heavy atom. The molecule has 0 radical (unpaired) electrons. The van der Waals surface area contributed by atoms with Crippen LogP contribution in [0.1, 0.15) is 35.8 Å². The second kappa shape index (κ2) is 7.23. The molecule has 0 saturated carbocycles. The summed E-state index contributed by atoms with van der Waals surface area (Å²) >= 11 is 0. The van der Waals surface area contributed by atoms with Crippen LogP contribution in [0, 0.1) is 5.92 Å². The fourth-order valence-electron chi connectivity index (χ4n) is 3.46. The number of amides is 1. The van der Waals surface area contributed by atoms with E-state index in [9.17, 15) is 4.79 Å². The van der Waals surface area contributed by atoms with E-state index in [4.69, 9.17) is 9.47 Å².